The van der Waals surface area contributed by atoms with E-state index < -0.39 is 0 Å². The lowest BCUT2D eigenvalue weighted by molar-refractivity contribution is 1.33. The summed E-state index contributed by atoms with van der Waals surface area (Å²) >= 11 is 3.20. The Hall–Kier alpha value is -2.83. The minimum absolute atomic E-state index is 0.309. The van der Waals surface area contributed by atoms with Crippen LogP contribution in [0.1, 0.15) is 9.75 Å². The first-order valence-electron chi connectivity index (χ1n) is 7.50. The van der Waals surface area contributed by atoms with Gasteiger partial charge in [0.2, 0.25) is 0 Å². The molecule has 0 aromatic carbocycles. The van der Waals surface area contributed by atoms with Crippen LogP contribution in [-0.2, 0) is 0 Å². The van der Waals surface area contributed by atoms with E-state index in [-0.39, 0.29) is 0 Å². The van der Waals surface area contributed by atoms with Crippen molar-refractivity contribution >= 4 is 50.9 Å². The van der Waals surface area contributed by atoms with Gasteiger partial charge in [-0.2, -0.15) is 0 Å². The zero-order valence-corrected chi connectivity index (χ0v) is 14.9. The standard InChI is InChI=1S/C14H10N2S2.C5H6N2/c15-13-9(11-3-1-7-17-11)5-6-10(14(13)16)12-4-2-8-18-12;6-5-1-3-7-4-2-5/h1-8,15-16H;1-4H,(H2,6,7). The molecule has 0 unspecified atom stereocenters. The van der Waals surface area contributed by atoms with Gasteiger partial charge >= 0.3 is 0 Å². The Morgan fingerprint density at radius 3 is 1.56 bits per heavy atom. The molecule has 0 saturated heterocycles. The number of nitrogens with zero attached hydrogens (tertiary/aromatic N) is 1. The molecule has 0 aliphatic heterocycles. The van der Waals surface area contributed by atoms with Crippen LogP contribution < -0.4 is 5.73 Å². The molecule has 3 aromatic heterocycles. The van der Waals surface area contributed by atoms with E-state index in [2.05, 4.69) is 4.98 Å². The molecule has 4 N–H and O–H groups in total. The Morgan fingerprint density at radius 2 is 1.24 bits per heavy atom. The first kappa shape index (κ1) is 17.0. The zero-order chi connectivity index (χ0) is 17.6. The minimum Gasteiger partial charge on any atom is -0.399 e. The van der Waals surface area contributed by atoms with Gasteiger partial charge in [-0.05, 0) is 35.0 Å². The number of nitrogen functional groups attached to an aromatic ring is 1. The second-order valence-corrected chi connectivity index (χ2v) is 7.04. The molecule has 4 rings (SSSR count). The maximum Gasteiger partial charge on any atom is 0.0882 e. The van der Waals surface area contributed by atoms with Gasteiger partial charge in [-0.1, -0.05) is 24.3 Å². The third-order valence-electron chi connectivity index (χ3n) is 3.48. The van der Waals surface area contributed by atoms with E-state index in [1.54, 1.807) is 47.2 Å². The van der Waals surface area contributed by atoms with Crippen molar-refractivity contribution in [2.45, 2.75) is 0 Å². The molecular weight excluding hydrogens is 348 g/mol. The van der Waals surface area contributed by atoms with Crippen LogP contribution in [0.4, 0.5) is 5.69 Å². The Labute approximate surface area is 154 Å². The molecule has 0 atom stereocenters. The molecule has 0 spiro atoms. The number of rotatable bonds is 2. The van der Waals surface area contributed by atoms with Crippen LogP contribution >= 0.6 is 22.7 Å². The van der Waals surface area contributed by atoms with Crippen LogP contribution in [-0.4, -0.2) is 16.4 Å². The number of allylic oxidation sites excluding steroid dienone is 4. The molecule has 0 fully saturated rings. The third kappa shape index (κ3) is 3.99. The number of nitrogens with two attached hydrogens (primary N) is 1. The van der Waals surface area contributed by atoms with Gasteiger partial charge in [-0.3, -0.25) is 15.8 Å². The summed E-state index contributed by atoms with van der Waals surface area (Å²) in [5, 5.41) is 20.3. The average molecular weight is 364 g/mol. The molecule has 4 nitrogen and oxygen atoms in total. The van der Waals surface area contributed by atoms with Crippen molar-refractivity contribution in [1.82, 2.24) is 4.98 Å². The molecule has 0 radical (unpaired) electrons. The first-order valence-corrected chi connectivity index (χ1v) is 9.26. The van der Waals surface area contributed by atoms with E-state index in [1.807, 2.05) is 47.2 Å². The number of thiophene rings is 2. The highest BCUT2D eigenvalue weighted by atomic mass is 32.1. The molecule has 1 aliphatic rings. The summed E-state index contributed by atoms with van der Waals surface area (Å²) in [6.07, 6.45) is 7.22. The van der Waals surface area contributed by atoms with Crippen molar-refractivity contribution in [3.8, 4) is 0 Å². The van der Waals surface area contributed by atoms with Crippen LogP contribution in [0.3, 0.4) is 0 Å². The average Bonchev–Trinajstić information content (AvgIpc) is 3.32. The molecule has 0 amide bonds. The van der Waals surface area contributed by atoms with Crippen LogP contribution in [0, 0.1) is 10.8 Å². The van der Waals surface area contributed by atoms with Gasteiger partial charge in [-0.15, -0.1) is 22.7 Å². The fourth-order valence-electron chi connectivity index (χ4n) is 2.24. The van der Waals surface area contributed by atoms with Gasteiger partial charge in [0.1, 0.15) is 0 Å². The molecule has 0 saturated carbocycles. The molecule has 0 bridgehead atoms. The largest absolute Gasteiger partial charge is 0.399 e. The topological polar surface area (TPSA) is 86.6 Å². The number of hydrogen-bond acceptors (Lipinski definition) is 6. The van der Waals surface area contributed by atoms with Crippen molar-refractivity contribution < 1.29 is 0 Å². The van der Waals surface area contributed by atoms with E-state index in [1.165, 1.54) is 0 Å². The highest BCUT2D eigenvalue weighted by Gasteiger charge is 2.21. The maximum atomic E-state index is 8.14. The summed E-state index contributed by atoms with van der Waals surface area (Å²) < 4.78 is 0. The Balaban J connectivity index is 0.000000219. The highest BCUT2D eigenvalue weighted by Crippen LogP contribution is 2.31. The highest BCUT2D eigenvalue weighted by molar-refractivity contribution is 7.12. The lowest BCUT2D eigenvalue weighted by atomic mass is 9.92. The lowest BCUT2D eigenvalue weighted by Crippen LogP contribution is -2.17. The van der Waals surface area contributed by atoms with Crippen LogP contribution in [0.15, 0.2) is 71.7 Å². The molecule has 25 heavy (non-hydrogen) atoms. The predicted octanol–water partition coefficient (Wildman–Crippen LogP) is 4.99. The minimum atomic E-state index is 0.309. The van der Waals surface area contributed by atoms with Gasteiger partial charge in [0.15, 0.2) is 0 Å². The normalized spacial score (nSPS) is 13.6. The first-order chi connectivity index (χ1) is 12.2. The Bertz CT molecular complexity index is 861. The Kier molecular flexibility index (Phi) is 5.33. The second-order valence-electron chi connectivity index (χ2n) is 5.15. The number of anilines is 1. The molecular formula is C19H16N4S2. The smallest absolute Gasteiger partial charge is 0.0882 e. The SMILES string of the molecule is N=C1C(=N)C(c2cccs2)=CC=C1c1cccs1.Nc1ccncc1. The zero-order valence-electron chi connectivity index (χ0n) is 13.3. The van der Waals surface area contributed by atoms with Crippen molar-refractivity contribution in [3.63, 3.8) is 0 Å². The molecule has 3 heterocycles. The van der Waals surface area contributed by atoms with E-state index in [0.717, 1.165) is 26.6 Å². The van der Waals surface area contributed by atoms with Gasteiger partial charge in [0.25, 0.3) is 0 Å². The van der Waals surface area contributed by atoms with Gasteiger partial charge in [0, 0.05) is 39.0 Å². The number of pyridine rings is 1. The predicted molar refractivity (Wildman–Crippen MR) is 109 cm³/mol. The summed E-state index contributed by atoms with van der Waals surface area (Å²) in [7, 11) is 0. The quantitative estimate of drug-likeness (QED) is 0.559. The van der Waals surface area contributed by atoms with Gasteiger partial charge < -0.3 is 5.73 Å². The van der Waals surface area contributed by atoms with Crippen molar-refractivity contribution in [2.24, 2.45) is 0 Å². The number of hydrogen-bond donors (Lipinski definition) is 3. The third-order valence-corrected chi connectivity index (χ3v) is 5.29. The van der Waals surface area contributed by atoms with E-state index in [4.69, 9.17) is 16.6 Å². The summed E-state index contributed by atoms with van der Waals surface area (Å²) in [6.45, 7) is 0. The molecule has 3 aromatic rings. The summed E-state index contributed by atoms with van der Waals surface area (Å²) in [4.78, 5) is 5.86. The Morgan fingerprint density at radius 1 is 0.760 bits per heavy atom. The molecule has 124 valence electrons. The summed E-state index contributed by atoms with van der Waals surface area (Å²) in [5.41, 5.74) is 8.38. The summed E-state index contributed by atoms with van der Waals surface area (Å²) in [6, 6.07) is 11.4. The fraction of sp³-hybridized carbons (Fsp3) is 0. The van der Waals surface area contributed by atoms with Gasteiger partial charge in [0.05, 0.1) is 11.4 Å². The molecule has 6 heteroatoms. The number of nitrogens with one attached hydrogen (secondary N) is 2. The fourth-order valence-corrected chi connectivity index (χ4v) is 3.76. The van der Waals surface area contributed by atoms with Crippen molar-refractivity contribution in [3.05, 3.63) is 81.5 Å². The second kappa shape index (κ2) is 7.83. The summed E-state index contributed by atoms with van der Waals surface area (Å²) in [5.74, 6) is 0. The van der Waals surface area contributed by atoms with Crippen LogP contribution in [0.5, 0.6) is 0 Å². The lowest BCUT2D eigenvalue weighted by Gasteiger charge is -2.15. The van der Waals surface area contributed by atoms with E-state index in [9.17, 15) is 0 Å². The number of aromatic nitrogens is 1. The monoisotopic (exact) mass is 364 g/mol. The maximum absolute atomic E-state index is 8.14. The molecule has 1 aliphatic carbocycles. The van der Waals surface area contributed by atoms with Crippen molar-refractivity contribution in [1.29, 1.82) is 10.8 Å². The van der Waals surface area contributed by atoms with Crippen LogP contribution in [0.2, 0.25) is 0 Å². The van der Waals surface area contributed by atoms with Gasteiger partial charge in [-0.25, -0.2) is 0 Å². The van der Waals surface area contributed by atoms with Crippen LogP contribution in [0.25, 0.3) is 11.1 Å². The van der Waals surface area contributed by atoms with Crippen molar-refractivity contribution in [2.75, 3.05) is 5.73 Å². The van der Waals surface area contributed by atoms with E-state index in [0.29, 0.717) is 11.4 Å². The van der Waals surface area contributed by atoms with E-state index >= 15 is 0 Å².